The molecular weight excluding hydrogens is 470 g/mol. The Kier molecular flexibility index (Phi) is 50.3. The molecule has 0 rings (SSSR count). The van der Waals surface area contributed by atoms with Crippen molar-refractivity contribution in [3.05, 3.63) is 0 Å². The average molecular weight is 496 g/mol. The Hall–Kier alpha value is 3.40. The van der Waals surface area contributed by atoms with Crippen molar-refractivity contribution in [2.45, 2.75) is 0 Å². The summed E-state index contributed by atoms with van der Waals surface area (Å²) >= 11 is 0. The molecule has 0 heterocycles. The molecule has 152 valence electrons. The molecule has 0 aliphatic heterocycles. The summed E-state index contributed by atoms with van der Waals surface area (Å²) in [5.74, 6) is -3.39. The number of phosphoric acid groups is 1. The summed E-state index contributed by atoms with van der Waals surface area (Å²) in [6, 6.07) is 0. The van der Waals surface area contributed by atoms with E-state index in [-0.39, 0.29) is 181 Å². The van der Waals surface area contributed by atoms with Crippen molar-refractivity contribution in [2.24, 2.45) is 0 Å². The number of carboxylic acids is 3. The van der Waals surface area contributed by atoms with Gasteiger partial charge in [0.2, 0.25) is 0 Å². The zero-order chi connectivity index (χ0) is 19.3. The molecule has 0 bridgehead atoms. The van der Waals surface area contributed by atoms with Crippen molar-refractivity contribution in [2.75, 3.05) is 45.9 Å². The molecule has 0 saturated heterocycles. The molecule has 0 aromatic carbocycles. The van der Waals surface area contributed by atoms with Gasteiger partial charge in [0.15, 0.2) is 0 Å². The molecule has 7 N–H and O–H groups in total. The number of carboxylic acid groups (broad SMARTS) is 3. The molecule has 29 heavy (non-hydrogen) atoms. The van der Waals surface area contributed by atoms with Gasteiger partial charge in [0, 0.05) is 19.6 Å². The maximum absolute atomic E-state index is 10.6. The topological polar surface area (TPSA) is 216 Å². The van der Waals surface area contributed by atoms with Crippen molar-refractivity contribution >= 4 is 174 Å². The van der Waals surface area contributed by atoms with E-state index in [2.05, 4.69) is 0 Å². The predicted octanol–water partition coefficient (Wildman–Crippen LogP) is -6.33. The minimum absolute atomic E-state index is 0. The van der Waals surface area contributed by atoms with Crippen LogP contribution >= 0.6 is 7.82 Å². The Labute approximate surface area is 278 Å². The van der Waals surface area contributed by atoms with Crippen molar-refractivity contribution in [3.63, 3.8) is 0 Å². The summed E-state index contributed by atoms with van der Waals surface area (Å²) in [4.78, 5) is 55.8. The van der Waals surface area contributed by atoms with Crippen LogP contribution in [0.15, 0.2) is 0 Å². The molecule has 0 fully saturated rings. The van der Waals surface area contributed by atoms with E-state index in [9.17, 15) is 14.4 Å². The van der Waals surface area contributed by atoms with Crippen LogP contribution < -0.4 is 0 Å². The third-order valence-corrected chi connectivity index (χ3v) is 2.23. The number of aliphatic hydroxyl groups excluding tert-OH is 1. The monoisotopic (exact) mass is 496 g/mol. The van der Waals surface area contributed by atoms with Crippen LogP contribution in [-0.2, 0) is 18.9 Å². The summed E-state index contributed by atoms with van der Waals surface area (Å²) in [6.45, 7) is -1.03. The summed E-state index contributed by atoms with van der Waals surface area (Å²) in [7, 11) is -4.64. The first-order valence-corrected chi connectivity index (χ1v) is 7.91. The first-order chi connectivity index (χ1) is 10.8. The van der Waals surface area contributed by atoms with Gasteiger partial charge in [-0.25, -0.2) is 4.57 Å². The van der Waals surface area contributed by atoms with Gasteiger partial charge in [-0.05, 0) is 0 Å². The predicted molar refractivity (Wildman–Crippen MR) is 113 cm³/mol. The minimum atomic E-state index is -4.64. The molecule has 0 aliphatic rings. The molecule has 0 amide bonds. The van der Waals surface area contributed by atoms with Crippen molar-refractivity contribution in [1.29, 1.82) is 0 Å². The third-order valence-electron chi connectivity index (χ3n) is 2.23. The Morgan fingerprint density at radius 3 is 1.10 bits per heavy atom. The number of carbonyl (C=O) groups is 3. The molecular formula is C10H26N2Na5O11P. The van der Waals surface area contributed by atoms with Crippen LogP contribution in [0.1, 0.15) is 0 Å². The number of nitrogens with zero attached hydrogens (tertiary/aromatic N) is 2. The van der Waals surface area contributed by atoms with Gasteiger partial charge in [0.25, 0.3) is 0 Å². The standard InChI is InChI=1S/C10H18N2O7.5Na.H3O4P.5H/c13-4-3-11(5-8(14)15)1-2-12(6-9(16)17)7-10(18)19;;;;;;1-5(2,3)4;;;;;/h13H,1-7H2,(H,14,15)(H,16,17)(H,18,19);;;;;;(H3,1,2,3,4);;;;;. The summed E-state index contributed by atoms with van der Waals surface area (Å²) in [5.41, 5.74) is 0. The molecule has 0 aliphatic carbocycles. The molecule has 0 spiro atoms. The Morgan fingerprint density at radius 2 is 0.862 bits per heavy atom. The molecule has 0 atom stereocenters. The average Bonchev–Trinajstić information content (AvgIpc) is 2.31. The van der Waals surface area contributed by atoms with Crippen LogP contribution in [0, 0.1) is 0 Å². The summed E-state index contributed by atoms with van der Waals surface area (Å²) in [5, 5.41) is 34.7. The van der Waals surface area contributed by atoms with Crippen molar-refractivity contribution in [1.82, 2.24) is 9.80 Å². The first-order valence-electron chi connectivity index (χ1n) is 6.34. The fourth-order valence-electron chi connectivity index (χ4n) is 1.48. The van der Waals surface area contributed by atoms with Gasteiger partial charge in [-0.1, -0.05) is 0 Å². The molecule has 0 saturated carbocycles. The fourth-order valence-corrected chi connectivity index (χ4v) is 1.48. The maximum atomic E-state index is 10.6. The molecule has 0 aromatic rings. The third kappa shape index (κ3) is 49.6. The Balaban J connectivity index is -0.0000000865. The van der Waals surface area contributed by atoms with Crippen LogP contribution in [0.4, 0.5) is 0 Å². The second-order valence-electron chi connectivity index (χ2n) is 4.40. The summed E-state index contributed by atoms with van der Waals surface area (Å²) < 4.78 is 8.88. The van der Waals surface area contributed by atoms with E-state index in [1.807, 2.05) is 0 Å². The van der Waals surface area contributed by atoms with Gasteiger partial charge >= 0.3 is 174 Å². The number of hydrogen-bond donors (Lipinski definition) is 7. The van der Waals surface area contributed by atoms with Gasteiger partial charge in [-0.15, -0.1) is 0 Å². The molecule has 0 unspecified atom stereocenters. The van der Waals surface area contributed by atoms with Gasteiger partial charge in [0.05, 0.1) is 26.2 Å². The van der Waals surface area contributed by atoms with Gasteiger partial charge in [0.1, 0.15) is 0 Å². The normalized spacial score (nSPS) is 9.17. The first kappa shape index (κ1) is 49.5. The van der Waals surface area contributed by atoms with Crippen LogP contribution in [-0.4, -0.2) is 256 Å². The van der Waals surface area contributed by atoms with Crippen LogP contribution in [0.5, 0.6) is 0 Å². The zero-order valence-electron chi connectivity index (χ0n) is 12.6. The molecule has 13 nitrogen and oxygen atoms in total. The van der Waals surface area contributed by atoms with E-state index in [4.69, 9.17) is 39.7 Å². The SMILES string of the molecule is O=C(O)CN(CCO)CCN(CC(=O)O)CC(=O)O.O=P(O)(O)O.[NaH].[NaH].[NaH].[NaH].[NaH]. The number of hydrogen-bond acceptors (Lipinski definition) is 7. The van der Waals surface area contributed by atoms with E-state index in [0.29, 0.717) is 0 Å². The second kappa shape index (κ2) is 29.4. The quantitative estimate of drug-likeness (QED) is 0.105. The van der Waals surface area contributed by atoms with Gasteiger partial charge in [-0.2, -0.15) is 0 Å². The van der Waals surface area contributed by atoms with Gasteiger partial charge in [-0.3, -0.25) is 24.2 Å². The van der Waals surface area contributed by atoms with Crippen LogP contribution in [0.3, 0.4) is 0 Å². The van der Waals surface area contributed by atoms with E-state index in [1.165, 1.54) is 9.80 Å². The van der Waals surface area contributed by atoms with E-state index in [0.717, 1.165) is 0 Å². The number of aliphatic hydroxyl groups is 1. The Bertz CT molecular complexity index is 447. The van der Waals surface area contributed by atoms with Crippen molar-refractivity contribution in [3.8, 4) is 0 Å². The van der Waals surface area contributed by atoms with E-state index >= 15 is 0 Å². The molecule has 0 aromatic heterocycles. The van der Waals surface area contributed by atoms with Crippen LogP contribution in [0.25, 0.3) is 0 Å². The number of aliphatic carboxylic acids is 3. The molecule has 0 radical (unpaired) electrons. The molecule has 19 heteroatoms. The van der Waals surface area contributed by atoms with E-state index < -0.39 is 38.8 Å². The number of rotatable bonds is 11. The Morgan fingerprint density at radius 1 is 0.621 bits per heavy atom. The van der Waals surface area contributed by atoms with Crippen LogP contribution in [0.2, 0.25) is 0 Å². The van der Waals surface area contributed by atoms with Crippen molar-refractivity contribution < 1.29 is 54.1 Å². The van der Waals surface area contributed by atoms with Gasteiger partial charge < -0.3 is 35.1 Å². The zero-order valence-corrected chi connectivity index (χ0v) is 13.4. The summed E-state index contributed by atoms with van der Waals surface area (Å²) in [6.07, 6.45) is 0. The second-order valence-corrected chi connectivity index (χ2v) is 5.43. The van der Waals surface area contributed by atoms with E-state index in [1.54, 1.807) is 0 Å². The fraction of sp³-hybridized carbons (Fsp3) is 0.700.